The quantitative estimate of drug-likeness (QED) is 0.837. The van der Waals surface area contributed by atoms with Crippen molar-refractivity contribution >= 4 is 17.2 Å². The van der Waals surface area contributed by atoms with Gasteiger partial charge in [0.2, 0.25) is 0 Å². The van der Waals surface area contributed by atoms with Gasteiger partial charge >= 0.3 is 0 Å². The summed E-state index contributed by atoms with van der Waals surface area (Å²) in [6, 6.07) is 14.4. The number of aliphatic hydroxyl groups is 1. The van der Waals surface area contributed by atoms with Gasteiger partial charge in [-0.1, -0.05) is 42.5 Å². The van der Waals surface area contributed by atoms with E-state index < -0.39 is 5.60 Å². The van der Waals surface area contributed by atoms with Crippen molar-refractivity contribution in [3.8, 4) is 0 Å². The lowest BCUT2D eigenvalue weighted by atomic mass is 9.89. The van der Waals surface area contributed by atoms with Crippen molar-refractivity contribution in [3.63, 3.8) is 0 Å². The minimum atomic E-state index is -0.694. The van der Waals surface area contributed by atoms with Gasteiger partial charge in [-0.3, -0.25) is 4.79 Å². The van der Waals surface area contributed by atoms with Gasteiger partial charge in [-0.2, -0.15) is 0 Å². The monoisotopic (exact) mass is 315 g/mol. The van der Waals surface area contributed by atoms with Crippen LogP contribution >= 0.6 is 0 Å². The minimum Gasteiger partial charge on any atom is -0.462 e. The Hall–Kier alpha value is -1.91. The number of hydrogen-bond donors (Lipinski definition) is 2. The number of carbonyl (C=O) groups excluding carboxylic acids is 1. The molecule has 1 atom stereocenters. The van der Waals surface area contributed by atoms with Crippen LogP contribution in [-0.2, 0) is 15.1 Å². The molecule has 3 rings (SSSR count). The summed E-state index contributed by atoms with van der Waals surface area (Å²) in [6.45, 7) is 7.46. The predicted molar refractivity (Wildman–Crippen MR) is 92.2 cm³/mol. The van der Waals surface area contributed by atoms with Crippen LogP contribution in [0.1, 0.15) is 32.8 Å². The fourth-order valence-electron chi connectivity index (χ4n) is 2.68. The molecule has 2 aromatic rings. The minimum absolute atomic E-state index is 0.318. The molecule has 2 aromatic carbocycles. The summed E-state index contributed by atoms with van der Waals surface area (Å²) in [5.74, 6) is 0. The van der Waals surface area contributed by atoms with E-state index in [9.17, 15) is 9.90 Å². The van der Waals surface area contributed by atoms with Crippen LogP contribution in [0.3, 0.4) is 0 Å². The summed E-state index contributed by atoms with van der Waals surface area (Å²) < 4.78 is 4.55. The van der Waals surface area contributed by atoms with Crippen LogP contribution in [0.2, 0.25) is 0 Å². The fourth-order valence-corrected chi connectivity index (χ4v) is 2.68. The highest BCUT2D eigenvalue weighted by Crippen LogP contribution is 2.32. The molecule has 0 spiro atoms. The van der Waals surface area contributed by atoms with E-state index in [4.69, 9.17) is 0 Å². The fraction of sp³-hybridized carbons (Fsp3) is 0.421. The van der Waals surface area contributed by atoms with Gasteiger partial charge in [0.15, 0.2) is 0 Å². The Morgan fingerprint density at radius 1 is 1.17 bits per heavy atom. The van der Waals surface area contributed by atoms with E-state index in [0.717, 1.165) is 23.9 Å². The zero-order valence-corrected chi connectivity index (χ0v) is 14.0. The Balaban J connectivity index is 0.000000236. The first kappa shape index (κ1) is 17.4. The second-order valence-electron chi connectivity index (χ2n) is 6.81. The van der Waals surface area contributed by atoms with Crippen LogP contribution in [0.15, 0.2) is 42.5 Å². The summed E-state index contributed by atoms with van der Waals surface area (Å²) >= 11 is 0. The molecule has 0 radical (unpaired) electrons. The summed E-state index contributed by atoms with van der Waals surface area (Å²) in [7, 11) is 0. The molecule has 0 aliphatic carbocycles. The Labute approximate surface area is 137 Å². The zero-order valence-electron chi connectivity index (χ0n) is 14.0. The smallest absolute Gasteiger partial charge is 0.293 e. The van der Waals surface area contributed by atoms with E-state index in [-0.39, 0.29) is 5.60 Å². The van der Waals surface area contributed by atoms with Gasteiger partial charge in [-0.25, -0.2) is 0 Å². The number of β-amino-alcohol motifs (C(OH)–C–C–N with tert-alkyl or cyclic N) is 1. The topological polar surface area (TPSA) is 58.6 Å². The Kier molecular flexibility index (Phi) is 5.39. The van der Waals surface area contributed by atoms with Crippen molar-refractivity contribution in [2.75, 3.05) is 13.1 Å². The van der Waals surface area contributed by atoms with Gasteiger partial charge in [-0.05, 0) is 50.1 Å². The van der Waals surface area contributed by atoms with Crippen molar-refractivity contribution in [2.45, 2.75) is 38.4 Å². The number of nitrogens with one attached hydrogen (secondary N) is 1. The van der Waals surface area contributed by atoms with Gasteiger partial charge in [0, 0.05) is 6.54 Å². The molecule has 1 saturated heterocycles. The standard InChI is InChI=1S/C14H15NO.C5H10O2/c16-14(8-9-15-10-14)13-7-3-5-11-4-1-2-6-12(11)13;1-5(2,3)7-4-6/h1-7,15-16H,8-10H2;4H,1-3H3. The summed E-state index contributed by atoms with van der Waals surface area (Å²) in [6.07, 6.45) is 0.793. The van der Waals surface area contributed by atoms with E-state index in [1.54, 1.807) is 0 Å². The lowest BCUT2D eigenvalue weighted by Crippen LogP contribution is -2.28. The van der Waals surface area contributed by atoms with Crippen molar-refractivity contribution < 1.29 is 14.6 Å². The second kappa shape index (κ2) is 7.11. The van der Waals surface area contributed by atoms with Crippen LogP contribution in [0.5, 0.6) is 0 Å². The summed E-state index contributed by atoms with van der Waals surface area (Å²) in [5.41, 5.74) is 0.0402. The van der Waals surface area contributed by atoms with Crippen LogP contribution in [-0.4, -0.2) is 30.3 Å². The first-order valence-electron chi connectivity index (χ1n) is 7.88. The highest BCUT2D eigenvalue weighted by molar-refractivity contribution is 5.86. The third-order valence-electron chi connectivity index (χ3n) is 3.83. The number of fused-ring (bicyclic) bond motifs is 1. The SMILES string of the molecule is CC(C)(C)OC=O.OC1(c2cccc3ccccc23)CCNC1. The van der Waals surface area contributed by atoms with Crippen LogP contribution in [0, 0.1) is 0 Å². The van der Waals surface area contributed by atoms with Crippen molar-refractivity contribution in [1.29, 1.82) is 0 Å². The van der Waals surface area contributed by atoms with Crippen molar-refractivity contribution in [3.05, 3.63) is 48.0 Å². The highest BCUT2D eigenvalue weighted by atomic mass is 16.5. The summed E-state index contributed by atoms with van der Waals surface area (Å²) in [5, 5.41) is 16.2. The van der Waals surface area contributed by atoms with E-state index in [2.05, 4.69) is 28.3 Å². The molecule has 124 valence electrons. The normalized spacial score (nSPS) is 20.7. The molecule has 1 aliphatic rings. The van der Waals surface area contributed by atoms with Crippen molar-refractivity contribution in [2.24, 2.45) is 0 Å². The van der Waals surface area contributed by atoms with Crippen LogP contribution in [0.4, 0.5) is 0 Å². The Bertz CT molecular complexity index is 650. The predicted octanol–water partition coefficient (Wildman–Crippen LogP) is 2.98. The van der Waals surface area contributed by atoms with Crippen molar-refractivity contribution in [1.82, 2.24) is 5.32 Å². The zero-order chi connectivity index (χ0) is 16.9. The highest BCUT2D eigenvalue weighted by Gasteiger charge is 2.33. The molecule has 0 saturated carbocycles. The molecule has 2 N–H and O–H groups in total. The maximum atomic E-state index is 10.6. The maximum Gasteiger partial charge on any atom is 0.293 e. The molecule has 0 aromatic heterocycles. The second-order valence-corrected chi connectivity index (χ2v) is 6.81. The van der Waals surface area contributed by atoms with Crippen LogP contribution < -0.4 is 5.32 Å². The third-order valence-corrected chi connectivity index (χ3v) is 3.83. The van der Waals surface area contributed by atoms with E-state index in [1.807, 2.05) is 45.0 Å². The molecule has 1 fully saturated rings. The maximum absolute atomic E-state index is 10.6. The first-order chi connectivity index (χ1) is 10.9. The number of hydrogen-bond acceptors (Lipinski definition) is 4. The molecular weight excluding hydrogens is 290 g/mol. The Morgan fingerprint density at radius 2 is 1.87 bits per heavy atom. The molecule has 1 unspecified atom stereocenters. The van der Waals surface area contributed by atoms with Gasteiger partial charge in [0.25, 0.3) is 6.47 Å². The molecule has 1 aliphatic heterocycles. The first-order valence-corrected chi connectivity index (χ1v) is 7.88. The molecule has 4 heteroatoms. The van der Waals surface area contributed by atoms with Crippen LogP contribution in [0.25, 0.3) is 10.8 Å². The van der Waals surface area contributed by atoms with Gasteiger partial charge in [-0.15, -0.1) is 0 Å². The van der Waals surface area contributed by atoms with Gasteiger partial charge < -0.3 is 15.2 Å². The van der Waals surface area contributed by atoms with E-state index >= 15 is 0 Å². The molecule has 1 heterocycles. The molecule has 4 nitrogen and oxygen atoms in total. The van der Waals surface area contributed by atoms with Gasteiger partial charge in [0.05, 0.1) is 0 Å². The number of benzene rings is 2. The molecule has 0 bridgehead atoms. The molecular formula is C19H25NO3. The Morgan fingerprint density at radius 3 is 2.43 bits per heavy atom. The number of carbonyl (C=O) groups is 1. The van der Waals surface area contributed by atoms with Gasteiger partial charge in [0.1, 0.15) is 11.2 Å². The number of rotatable bonds is 2. The lowest BCUT2D eigenvalue weighted by molar-refractivity contribution is -0.138. The average Bonchev–Trinajstić information content (AvgIpc) is 2.94. The summed E-state index contributed by atoms with van der Waals surface area (Å²) in [4.78, 5) is 9.60. The average molecular weight is 315 g/mol. The van der Waals surface area contributed by atoms with E-state index in [0.29, 0.717) is 13.0 Å². The largest absolute Gasteiger partial charge is 0.462 e. The van der Waals surface area contributed by atoms with E-state index in [1.165, 1.54) is 5.39 Å². The third kappa shape index (κ3) is 4.53. The number of ether oxygens (including phenoxy) is 1. The molecule has 23 heavy (non-hydrogen) atoms. The molecule has 0 amide bonds. The lowest BCUT2D eigenvalue weighted by Gasteiger charge is -2.23.